The Hall–Kier alpha value is -3.13. The molecule has 0 radical (unpaired) electrons. The number of carbonyl (C=O) groups excluding carboxylic acids is 2. The summed E-state index contributed by atoms with van der Waals surface area (Å²) in [5.74, 6) is 0.715. The van der Waals surface area contributed by atoms with Gasteiger partial charge in [-0.2, -0.15) is 0 Å². The van der Waals surface area contributed by atoms with Gasteiger partial charge in [-0.15, -0.1) is 0 Å². The van der Waals surface area contributed by atoms with Crippen LogP contribution in [0.5, 0.6) is 11.5 Å². The molecule has 3 N–H and O–H groups in total. The maximum Gasteiger partial charge on any atom is 0.279 e. The van der Waals surface area contributed by atoms with Crippen molar-refractivity contribution in [3.63, 3.8) is 0 Å². The molecular weight excluding hydrogens is 389 g/mol. The van der Waals surface area contributed by atoms with Gasteiger partial charge in [0.15, 0.2) is 18.0 Å². The number of quaternary nitrogens is 1. The second kappa shape index (κ2) is 9.13. The monoisotopic (exact) mass is 414 g/mol. The van der Waals surface area contributed by atoms with Gasteiger partial charge < -0.3 is 25.0 Å². The molecule has 4 rings (SSSR count). The van der Waals surface area contributed by atoms with E-state index in [4.69, 9.17) is 9.47 Å². The molecule has 7 nitrogen and oxygen atoms in total. The molecule has 0 bridgehead atoms. The number of piperidine rings is 1. The number of benzene rings is 2. The number of anilines is 1. The number of hydrogen-bond acceptors (Lipinski definition) is 4. The summed E-state index contributed by atoms with van der Waals surface area (Å²) in [6.45, 7) is 2.99. The zero-order chi connectivity index (χ0) is 20.9. The molecule has 1 saturated heterocycles. The third-order valence-corrected chi connectivity index (χ3v) is 5.37. The first-order chi connectivity index (χ1) is 14.6. The number of rotatable bonds is 5. The quantitative estimate of drug-likeness (QED) is 0.682. The highest BCUT2D eigenvalue weighted by molar-refractivity contribution is 5.94. The van der Waals surface area contributed by atoms with Crippen LogP contribution in [-0.4, -0.2) is 50.7 Å². The summed E-state index contributed by atoms with van der Waals surface area (Å²) in [4.78, 5) is 25.9. The van der Waals surface area contributed by atoms with Crippen molar-refractivity contribution in [3.8, 4) is 11.5 Å². The van der Waals surface area contributed by atoms with E-state index in [1.165, 1.54) is 29.2 Å². The number of amides is 2. The zero-order valence-electron chi connectivity index (χ0n) is 16.6. The number of halogens is 1. The van der Waals surface area contributed by atoms with E-state index < -0.39 is 0 Å². The Morgan fingerprint density at radius 3 is 2.43 bits per heavy atom. The minimum atomic E-state index is -0.363. The van der Waals surface area contributed by atoms with Crippen molar-refractivity contribution >= 4 is 17.5 Å². The second-order valence-corrected chi connectivity index (χ2v) is 7.59. The minimum Gasteiger partial charge on any atom is -0.486 e. The Morgan fingerprint density at radius 2 is 1.70 bits per heavy atom. The number of hydrogen-bond donors (Lipinski definition) is 3. The summed E-state index contributed by atoms with van der Waals surface area (Å²) in [5.41, 5.74) is 1.13. The van der Waals surface area contributed by atoms with Gasteiger partial charge in [0, 0.05) is 36.2 Å². The molecular formula is C22H25FN3O4+. The van der Waals surface area contributed by atoms with Crippen LogP contribution < -0.4 is 25.0 Å². The first-order valence-electron chi connectivity index (χ1n) is 10.2. The molecule has 2 aromatic carbocycles. The molecule has 0 aliphatic carbocycles. The summed E-state index contributed by atoms with van der Waals surface area (Å²) in [6.07, 6.45) is 1.58. The maximum atomic E-state index is 13.0. The molecule has 0 unspecified atom stereocenters. The van der Waals surface area contributed by atoms with Gasteiger partial charge in [-0.1, -0.05) is 0 Å². The van der Waals surface area contributed by atoms with Crippen LogP contribution in [0.2, 0.25) is 0 Å². The SMILES string of the molecule is O=C(C[NH+]1CCC(NC(=O)c2ccc(F)cc2)CC1)Nc1ccc2c(c1)OCCO2. The van der Waals surface area contributed by atoms with Gasteiger partial charge in [-0.3, -0.25) is 9.59 Å². The van der Waals surface area contributed by atoms with Crippen molar-refractivity contribution in [2.75, 3.05) is 38.2 Å². The van der Waals surface area contributed by atoms with Gasteiger partial charge in [-0.25, -0.2) is 4.39 Å². The van der Waals surface area contributed by atoms with E-state index in [-0.39, 0.29) is 23.7 Å². The van der Waals surface area contributed by atoms with E-state index in [0.29, 0.717) is 42.5 Å². The fraction of sp³-hybridized carbons (Fsp3) is 0.364. The van der Waals surface area contributed by atoms with Crippen LogP contribution in [0, 0.1) is 5.82 Å². The summed E-state index contributed by atoms with van der Waals surface area (Å²) in [5, 5.41) is 5.91. The zero-order valence-corrected chi connectivity index (χ0v) is 16.6. The average Bonchev–Trinajstić information content (AvgIpc) is 2.75. The van der Waals surface area contributed by atoms with Gasteiger partial charge in [0.1, 0.15) is 19.0 Å². The van der Waals surface area contributed by atoms with Crippen LogP contribution in [0.1, 0.15) is 23.2 Å². The molecule has 30 heavy (non-hydrogen) atoms. The predicted octanol–water partition coefficient (Wildman–Crippen LogP) is 1.01. The fourth-order valence-corrected chi connectivity index (χ4v) is 3.77. The smallest absolute Gasteiger partial charge is 0.279 e. The van der Waals surface area contributed by atoms with Crippen molar-refractivity contribution in [1.29, 1.82) is 0 Å². The van der Waals surface area contributed by atoms with Crippen LogP contribution in [0.15, 0.2) is 42.5 Å². The van der Waals surface area contributed by atoms with E-state index in [9.17, 15) is 14.0 Å². The largest absolute Gasteiger partial charge is 0.486 e. The van der Waals surface area contributed by atoms with Gasteiger partial charge in [0.05, 0.1) is 13.1 Å². The molecule has 2 aliphatic rings. The Bertz CT molecular complexity index is 911. The van der Waals surface area contributed by atoms with Crippen molar-refractivity contribution in [2.45, 2.75) is 18.9 Å². The highest BCUT2D eigenvalue weighted by Crippen LogP contribution is 2.32. The van der Waals surface area contributed by atoms with Crippen molar-refractivity contribution in [3.05, 3.63) is 53.8 Å². The standard InChI is InChI=1S/C22H24FN3O4/c23-16-3-1-15(2-4-16)22(28)25-17-7-9-26(10-8-17)14-21(27)24-18-5-6-19-20(13-18)30-12-11-29-19/h1-6,13,17H,7-12,14H2,(H,24,27)(H,25,28)/p+1. The minimum absolute atomic E-state index is 0.0597. The molecule has 0 spiro atoms. The van der Waals surface area contributed by atoms with Gasteiger partial charge in [-0.05, 0) is 36.4 Å². The third kappa shape index (κ3) is 5.07. The molecule has 2 aliphatic heterocycles. The first kappa shape index (κ1) is 20.2. The van der Waals surface area contributed by atoms with Crippen molar-refractivity contribution < 1.29 is 28.4 Å². The number of ether oxygens (including phenoxy) is 2. The molecule has 0 atom stereocenters. The van der Waals surface area contributed by atoms with Gasteiger partial charge in [0.25, 0.3) is 11.8 Å². The Labute approximate surface area is 174 Å². The summed E-state index contributed by atoms with van der Waals surface area (Å²) in [6, 6.07) is 11.0. The van der Waals surface area contributed by atoms with Gasteiger partial charge in [0.2, 0.25) is 0 Å². The van der Waals surface area contributed by atoms with Crippen LogP contribution in [0.4, 0.5) is 10.1 Å². The Balaban J connectivity index is 1.22. The normalized spacial score (nSPS) is 20.3. The molecule has 158 valence electrons. The second-order valence-electron chi connectivity index (χ2n) is 7.59. The Kier molecular flexibility index (Phi) is 6.13. The highest BCUT2D eigenvalue weighted by atomic mass is 19.1. The van der Waals surface area contributed by atoms with Crippen molar-refractivity contribution in [2.24, 2.45) is 0 Å². The van der Waals surface area contributed by atoms with Gasteiger partial charge >= 0.3 is 0 Å². The predicted molar refractivity (Wildman–Crippen MR) is 109 cm³/mol. The van der Waals surface area contributed by atoms with Crippen LogP contribution >= 0.6 is 0 Å². The fourth-order valence-electron chi connectivity index (χ4n) is 3.77. The van der Waals surface area contributed by atoms with Crippen LogP contribution in [-0.2, 0) is 4.79 Å². The van der Waals surface area contributed by atoms with Crippen molar-refractivity contribution in [1.82, 2.24) is 5.32 Å². The lowest BCUT2D eigenvalue weighted by atomic mass is 10.0. The van der Waals surface area contributed by atoms with Crippen LogP contribution in [0.25, 0.3) is 0 Å². The lowest BCUT2D eigenvalue weighted by molar-refractivity contribution is -0.897. The molecule has 0 saturated carbocycles. The highest BCUT2D eigenvalue weighted by Gasteiger charge is 2.25. The van der Waals surface area contributed by atoms with Crippen LogP contribution in [0.3, 0.4) is 0 Å². The Morgan fingerprint density at radius 1 is 1.00 bits per heavy atom. The average molecular weight is 414 g/mol. The summed E-state index contributed by atoms with van der Waals surface area (Å²) >= 11 is 0. The lowest BCUT2D eigenvalue weighted by Gasteiger charge is -2.29. The topological polar surface area (TPSA) is 81.1 Å². The van der Waals surface area contributed by atoms with E-state index in [2.05, 4.69) is 10.6 Å². The van der Waals surface area contributed by atoms with E-state index >= 15 is 0 Å². The summed E-state index contributed by atoms with van der Waals surface area (Å²) in [7, 11) is 0. The molecule has 1 fully saturated rings. The van der Waals surface area contributed by atoms with E-state index in [0.717, 1.165) is 25.9 Å². The summed E-state index contributed by atoms with van der Waals surface area (Å²) < 4.78 is 24.0. The van der Waals surface area contributed by atoms with E-state index in [1.807, 2.05) is 0 Å². The lowest BCUT2D eigenvalue weighted by Crippen LogP contribution is -3.14. The molecule has 2 amide bonds. The molecule has 2 aromatic rings. The number of carbonyl (C=O) groups is 2. The molecule has 2 heterocycles. The number of fused-ring (bicyclic) bond motifs is 1. The molecule has 0 aromatic heterocycles. The molecule has 8 heteroatoms. The number of likely N-dealkylation sites (tertiary alicyclic amines) is 1. The maximum absolute atomic E-state index is 13.0. The third-order valence-electron chi connectivity index (χ3n) is 5.37. The number of nitrogens with one attached hydrogen (secondary N) is 3. The first-order valence-corrected chi connectivity index (χ1v) is 10.2. The van der Waals surface area contributed by atoms with E-state index in [1.54, 1.807) is 18.2 Å².